The monoisotopic (exact) mass is 485 g/mol. The Balaban J connectivity index is 1.20. The van der Waals surface area contributed by atoms with E-state index >= 15 is 0 Å². The number of aromatic nitrogens is 2. The molecule has 2 aromatic heterocycles. The fourth-order valence-electron chi connectivity index (χ4n) is 5.53. The van der Waals surface area contributed by atoms with Gasteiger partial charge in [0.2, 0.25) is 5.82 Å². The number of aliphatic carboxylic acids is 1. The molecule has 6 nitrogen and oxygen atoms in total. The highest BCUT2D eigenvalue weighted by atomic mass is 32.1. The van der Waals surface area contributed by atoms with E-state index in [0.29, 0.717) is 23.8 Å². The Kier molecular flexibility index (Phi) is 5.54. The van der Waals surface area contributed by atoms with E-state index < -0.39 is 5.97 Å². The molecule has 2 aliphatic carbocycles. The van der Waals surface area contributed by atoms with Crippen LogP contribution in [0.1, 0.15) is 42.0 Å². The zero-order valence-corrected chi connectivity index (χ0v) is 20.6. The number of hydrogen-bond donors (Lipinski definition) is 1. The molecule has 35 heavy (non-hydrogen) atoms. The maximum Gasteiger partial charge on any atom is 0.306 e. The molecule has 0 amide bonds. The topological polar surface area (TPSA) is 79.5 Å². The fraction of sp³-hybridized carbons (Fsp3) is 0.321. The van der Waals surface area contributed by atoms with Gasteiger partial charge in [0.15, 0.2) is 0 Å². The van der Waals surface area contributed by atoms with Crippen LogP contribution in [0.5, 0.6) is 0 Å². The third-order valence-corrected chi connectivity index (χ3v) is 8.39. The molecule has 7 heteroatoms. The molecule has 1 N–H and O–H groups in total. The number of fused-ring (bicyclic) bond motifs is 1. The van der Waals surface area contributed by atoms with Gasteiger partial charge in [0.05, 0.1) is 5.92 Å². The summed E-state index contributed by atoms with van der Waals surface area (Å²) >= 11 is 1.70. The average Bonchev–Trinajstić information content (AvgIpc) is 3.57. The van der Waals surface area contributed by atoms with Gasteiger partial charge in [0.25, 0.3) is 5.89 Å². The Hall–Kier alpha value is -3.29. The van der Waals surface area contributed by atoms with Gasteiger partial charge in [-0.05, 0) is 102 Å². The summed E-state index contributed by atoms with van der Waals surface area (Å²) in [5.74, 6) is 0.270. The van der Waals surface area contributed by atoms with E-state index in [1.165, 1.54) is 27.8 Å². The molecule has 0 saturated heterocycles. The Labute approximate surface area is 208 Å². The lowest BCUT2D eigenvalue weighted by Crippen LogP contribution is -2.46. The SMILES string of the molecule is Cc1cc(-c2nc(-c3ccc4c(c3)CCC4N(C)[C@H]3C[C@H](C(=O)O)C3)no2)ccc1-c1ccsc1. The van der Waals surface area contributed by atoms with E-state index in [1.54, 1.807) is 11.3 Å². The zero-order valence-electron chi connectivity index (χ0n) is 19.8. The van der Waals surface area contributed by atoms with E-state index in [0.717, 1.165) is 36.8 Å². The number of aryl methyl sites for hydroxylation is 2. The molecule has 2 aliphatic rings. The van der Waals surface area contributed by atoms with Gasteiger partial charge < -0.3 is 9.63 Å². The number of carboxylic acids is 1. The van der Waals surface area contributed by atoms with Gasteiger partial charge in [-0.25, -0.2) is 0 Å². The minimum atomic E-state index is -0.667. The van der Waals surface area contributed by atoms with Gasteiger partial charge in [-0.3, -0.25) is 9.69 Å². The number of thiophene rings is 1. The van der Waals surface area contributed by atoms with Crippen molar-refractivity contribution in [2.75, 3.05) is 7.05 Å². The average molecular weight is 486 g/mol. The van der Waals surface area contributed by atoms with Crippen molar-refractivity contribution >= 4 is 17.3 Å². The molecule has 178 valence electrons. The maximum atomic E-state index is 11.2. The van der Waals surface area contributed by atoms with Crippen LogP contribution in [-0.2, 0) is 11.2 Å². The zero-order chi connectivity index (χ0) is 24.1. The Morgan fingerprint density at radius 3 is 2.69 bits per heavy atom. The lowest BCUT2D eigenvalue weighted by atomic mass is 9.79. The summed E-state index contributed by atoms with van der Waals surface area (Å²) in [5.41, 5.74) is 8.15. The molecule has 2 aromatic carbocycles. The molecule has 1 atom stereocenters. The van der Waals surface area contributed by atoms with Crippen molar-refractivity contribution in [3.8, 4) is 34.0 Å². The van der Waals surface area contributed by atoms with Gasteiger partial charge in [0.1, 0.15) is 0 Å². The normalized spacial score (nSPS) is 21.2. The summed E-state index contributed by atoms with van der Waals surface area (Å²) in [4.78, 5) is 18.2. The van der Waals surface area contributed by atoms with Crippen LogP contribution in [0.3, 0.4) is 0 Å². The highest BCUT2D eigenvalue weighted by molar-refractivity contribution is 7.08. The molecule has 2 heterocycles. The van der Waals surface area contributed by atoms with Gasteiger partial charge in [-0.15, -0.1) is 0 Å². The third-order valence-electron chi connectivity index (χ3n) is 7.71. The van der Waals surface area contributed by atoms with E-state index in [-0.39, 0.29) is 5.92 Å². The molecule has 1 saturated carbocycles. The van der Waals surface area contributed by atoms with E-state index in [9.17, 15) is 9.90 Å². The lowest BCUT2D eigenvalue weighted by molar-refractivity contribution is -0.147. The summed E-state index contributed by atoms with van der Waals surface area (Å²) in [6.07, 6.45) is 3.54. The molecular weight excluding hydrogens is 458 g/mol. The largest absolute Gasteiger partial charge is 0.481 e. The first-order valence-corrected chi connectivity index (χ1v) is 13.0. The lowest BCUT2D eigenvalue weighted by Gasteiger charge is -2.42. The molecule has 0 spiro atoms. The molecule has 4 aromatic rings. The molecular formula is C28H27N3O3S. The van der Waals surface area contributed by atoms with Gasteiger partial charge in [-0.1, -0.05) is 23.4 Å². The molecule has 0 aliphatic heterocycles. The number of benzene rings is 2. The van der Waals surface area contributed by atoms with Crippen molar-refractivity contribution < 1.29 is 14.4 Å². The Morgan fingerprint density at radius 1 is 1.11 bits per heavy atom. The number of rotatable bonds is 6. The van der Waals surface area contributed by atoms with E-state index in [4.69, 9.17) is 9.51 Å². The minimum absolute atomic E-state index is 0.186. The van der Waals surface area contributed by atoms with Crippen molar-refractivity contribution in [3.63, 3.8) is 0 Å². The van der Waals surface area contributed by atoms with Gasteiger partial charge in [-0.2, -0.15) is 16.3 Å². The predicted octanol–water partition coefficient (Wildman–Crippen LogP) is 6.22. The van der Waals surface area contributed by atoms with Crippen LogP contribution in [-0.4, -0.2) is 39.2 Å². The van der Waals surface area contributed by atoms with Gasteiger partial charge in [0, 0.05) is 23.2 Å². The number of nitrogens with zero attached hydrogens (tertiary/aromatic N) is 3. The van der Waals surface area contributed by atoms with E-state index in [1.807, 2.05) is 6.07 Å². The molecule has 6 rings (SSSR count). The smallest absolute Gasteiger partial charge is 0.306 e. The Morgan fingerprint density at radius 2 is 1.94 bits per heavy atom. The van der Waals surface area contributed by atoms with Crippen LogP contribution in [0.25, 0.3) is 34.0 Å². The van der Waals surface area contributed by atoms with Crippen molar-refractivity contribution in [2.24, 2.45) is 5.92 Å². The van der Waals surface area contributed by atoms with Crippen LogP contribution in [0.4, 0.5) is 0 Å². The van der Waals surface area contributed by atoms with Gasteiger partial charge >= 0.3 is 5.97 Å². The molecule has 1 unspecified atom stereocenters. The first-order chi connectivity index (χ1) is 17.0. The highest BCUT2D eigenvalue weighted by Crippen LogP contribution is 2.42. The number of carboxylic acid groups (broad SMARTS) is 1. The summed E-state index contributed by atoms with van der Waals surface area (Å²) in [5, 5.41) is 17.7. The van der Waals surface area contributed by atoms with Crippen molar-refractivity contribution in [1.29, 1.82) is 0 Å². The highest BCUT2D eigenvalue weighted by Gasteiger charge is 2.40. The van der Waals surface area contributed by atoms with Crippen molar-refractivity contribution in [1.82, 2.24) is 15.0 Å². The van der Waals surface area contributed by atoms with Crippen LogP contribution in [0.15, 0.2) is 57.7 Å². The maximum absolute atomic E-state index is 11.2. The van der Waals surface area contributed by atoms with Crippen LogP contribution < -0.4 is 0 Å². The van der Waals surface area contributed by atoms with Crippen LogP contribution in [0.2, 0.25) is 0 Å². The summed E-state index contributed by atoms with van der Waals surface area (Å²) < 4.78 is 5.64. The standard InChI is InChI=1S/C28H27N3O3S/c1-16-11-19(4-6-23(16)20-9-10-35-15-20)27-29-26(30-34-27)18-3-7-24-17(12-18)5-8-25(24)31(2)22-13-21(14-22)28(32)33/h3-4,6-7,9-12,15,21-22,25H,5,8,13-14H2,1-2H3,(H,32,33)/t21-,22-,25?. The summed E-state index contributed by atoms with van der Waals surface area (Å²) in [6, 6.07) is 15.5. The van der Waals surface area contributed by atoms with Crippen LogP contribution in [0, 0.1) is 12.8 Å². The van der Waals surface area contributed by atoms with Crippen molar-refractivity contribution in [3.05, 3.63) is 69.9 Å². The quantitative estimate of drug-likeness (QED) is 0.349. The second kappa shape index (κ2) is 8.73. The first kappa shape index (κ1) is 22.2. The second-order valence-electron chi connectivity index (χ2n) is 9.76. The fourth-order valence-corrected chi connectivity index (χ4v) is 6.19. The third kappa shape index (κ3) is 3.98. The first-order valence-electron chi connectivity index (χ1n) is 12.0. The summed E-state index contributed by atoms with van der Waals surface area (Å²) in [7, 11) is 2.13. The van der Waals surface area contributed by atoms with Crippen molar-refractivity contribution in [2.45, 2.75) is 44.7 Å². The second-order valence-corrected chi connectivity index (χ2v) is 10.5. The van der Waals surface area contributed by atoms with E-state index in [2.05, 4.69) is 71.2 Å². The number of carbonyl (C=O) groups is 1. The number of hydrogen-bond acceptors (Lipinski definition) is 6. The minimum Gasteiger partial charge on any atom is -0.481 e. The molecule has 0 radical (unpaired) electrons. The molecule has 0 bridgehead atoms. The summed E-state index contributed by atoms with van der Waals surface area (Å²) in [6.45, 7) is 2.10. The Bertz CT molecular complexity index is 1390. The molecule has 1 fully saturated rings. The predicted molar refractivity (Wildman–Crippen MR) is 136 cm³/mol. The van der Waals surface area contributed by atoms with Crippen LogP contribution >= 0.6 is 11.3 Å².